The Morgan fingerprint density at radius 1 is 1.18 bits per heavy atom. The minimum absolute atomic E-state index is 0.0573. The van der Waals surface area contributed by atoms with Crippen molar-refractivity contribution in [1.29, 1.82) is 0 Å². The highest BCUT2D eigenvalue weighted by atomic mass is 19.1. The largest absolute Gasteiger partial charge is 0.473 e. The summed E-state index contributed by atoms with van der Waals surface area (Å²) in [4.78, 5) is 21.4. The van der Waals surface area contributed by atoms with Crippen LogP contribution in [0.4, 0.5) is 20.4 Å². The van der Waals surface area contributed by atoms with Gasteiger partial charge in [0.1, 0.15) is 34.9 Å². The molecule has 0 fully saturated rings. The predicted octanol–water partition coefficient (Wildman–Crippen LogP) is 2.77. The van der Waals surface area contributed by atoms with Crippen LogP contribution in [0, 0.1) is 11.6 Å². The number of hydrogen-bond acceptors (Lipinski definition) is 7. The van der Waals surface area contributed by atoms with Gasteiger partial charge in [0, 0.05) is 17.7 Å². The topological polar surface area (TPSA) is 119 Å². The Labute approximate surface area is 186 Å². The van der Waals surface area contributed by atoms with Gasteiger partial charge in [-0.1, -0.05) is 18.2 Å². The Kier molecular flexibility index (Phi) is 5.00. The van der Waals surface area contributed by atoms with Gasteiger partial charge in [-0.3, -0.25) is 4.79 Å². The highest BCUT2D eigenvalue weighted by Crippen LogP contribution is 2.35. The first kappa shape index (κ1) is 20.6. The summed E-state index contributed by atoms with van der Waals surface area (Å²) >= 11 is 0. The van der Waals surface area contributed by atoms with Gasteiger partial charge in [-0.2, -0.15) is 9.61 Å². The number of hydrogen-bond donors (Lipinski definition) is 3. The van der Waals surface area contributed by atoms with Crippen LogP contribution in [0.5, 0.6) is 5.88 Å². The number of nitrogens with one attached hydrogen (secondary N) is 2. The van der Waals surface area contributed by atoms with E-state index in [0.717, 1.165) is 6.20 Å². The van der Waals surface area contributed by atoms with Gasteiger partial charge in [0.2, 0.25) is 5.88 Å². The van der Waals surface area contributed by atoms with Crippen molar-refractivity contribution in [2.24, 2.45) is 0 Å². The van der Waals surface area contributed by atoms with E-state index in [4.69, 9.17) is 10.5 Å². The lowest BCUT2D eigenvalue weighted by Crippen LogP contribution is -2.33. The second-order valence-corrected chi connectivity index (χ2v) is 7.60. The van der Waals surface area contributed by atoms with Crippen molar-refractivity contribution in [2.45, 2.75) is 19.6 Å². The van der Waals surface area contributed by atoms with Crippen molar-refractivity contribution in [3.63, 3.8) is 0 Å². The fourth-order valence-corrected chi connectivity index (χ4v) is 3.68. The van der Waals surface area contributed by atoms with Crippen molar-refractivity contribution < 1.29 is 18.3 Å². The molecule has 0 spiro atoms. The molecule has 0 radical (unpaired) electrons. The van der Waals surface area contributed by atoms with E-state index in [0.29, 0.717) is 5.56 Å². The first-order valence-electron chi connectivity index (χ1n) is 10.2. The highest BCUT2D eigenvalue weighted by molar-refractivity contribution is 6.01. The first-order chi connectivity index (χ1) is 15.9. The second-order valence-electron chi connectivity index (χ2n) is 7.60. The molecule has 0 aliphatic carbocycles. The summed E-state index contributed by atoms with van der Waals surface area (Å²) in [6.07, 6.45) is 1.94. The number of carbonyl (C=O) groups excluding carboxylic acids is 1. The number of pyridine rings is 1. The van der Waals surface area contributed by atoms with Crippen molar-refractivity contribution in [1.82, 2.24) is 24.9 Å². The molecule has 0 saturated heterocycles. The number of aromatic nitrogens is 4. The average molecular weight is 451 g/mol. The van der Waals surface area contributed by atoms with Crippen LogP contribution in [0.2, 0.25) is 0 Å². The minimum atomic E-state index is -0.542. The van der Waals surface area contributed by atoms with E-state index >= 15 is 0 Å². The molecule has 1 aliphatic heterocycles. The molecule has 1 atom stereocenters. The first-order valence-corrected chi connectivity index (χ1v) is 10.2. The standard InChI is InChI=1S/C22H19F2N7O2/c1-11-7-27-21(32)15-10-29-31-18(25)17(14-4-2-3-5-16(14)24)19(30-20(15)31)26-8-12-6-13(23)9-28-22(12)33-11/h2-6,9-11H,7-8,25H2,1H3,(H,26,30)(H,27,32)/t11-/m0/s1. The summed E-state index contributed by atoms with van der Waals surface area (Å²) in [5.74, 6) is -0.995. The van der Waals surface area contributed by atoms with E-state index < -0.39 is 23.6 Å². The molecule has 4 aromatic rings. The zero-order valence-corrected chi connectivity index (χ0v) is 17.5. The Hall–Kier alpha value is -4.28. The molecular formula is C22H19F2N7O2. The quantitative estimate of drug-likeness (QED) is 0.407. The van der Waals surface area contributed by atoms with Crippen LogP contribution >= 0.6 is 0 Å². The van der Waals surface area contributed by atoms with Crippen LogP contribution in [0.1, 0.15) is 22.8 Å². The van der Waals surface area contributed by atoms with E-state index in [2.05, 4.69) is 25.7 Å². The molecule has 33 heavy (non-hydrogen) atoms. The van der Waals surface area contributed by atoms with Gasteiger partial charge < -0.3 is 21.1 Å². The van der Waals surface area contributed by atoms with Gasteiger partial charge in [-0.15, -0.1) is 0 Å². The number of rotatable bonds is 1. The predicted molar refractivity (Wildman–Crippen MR) is 117 cm³/mol. The summed E-state index contributed by atoms with van der Waals surface area (Å²) < 4.78 is 35.8. The minimum Gasteiger partial charge on any atom is -0.473 e. The lowest BCUT2D eigenvalue weighted by Gasteiger charge is -2.18. The third-order valence-corrected chi connectivity index (χ3v) is 5.27. The van der Waals surface area contributed by atoms with Crippen LogP contribution < -0.4 is 21.1 Å². The lowest BCUT2D eigenvalue weighted by atomic mass is 10.1. The zero-order valence-electron chi connectivity index (χ0n) is 17.5. The van der Waals surface area contributed by atoms with Crippen molar-refractivity contribution in [3.8, 4) is 17.0 Å². The number of anilines is 2. The van der Waals surface area contributed by atoms with E-state index in [1.165, 1.54) is 22.8 Å². The molecule has 0 unspecified atom stereocenters. The maximum atomic E-state index is 14.7. The van der Waals surface area contributed by atoms with Gasteiger partial charge in [-0.05, 0) is 19.1 Å². The Bertz CT molecular complexity index is 1390. The summed E-state index contributed by atoms with van der Waals surface area (Å²) in [5, 5.41) is 10.0. The summed E-state index contributed by atoms with van der Waals surface area (Å²) in [7, 11) is 0. The number of fused-ring (bicyclic) bond motifs is 2. The van der Waals surface area contributed by atoms with E-state index in [-0.39, 0.29) is 52.9 Å². The number of nitrogen functional groups attached to an aromatic ring is 1. The smallest absolute Gasteiger partial charge is 0.256 e. The SMILES string of the molecule is C[C@H]1CNC(=O)c2cnn3c(N)c(-c4ccccc4F)c(nc23)NCc2cc(F)cnc2O1. The fourth-order valence-electron chi connectivity index (χ4n) is 3.68. The van der Waals surface area contributed by atoms with Crippen LogP contribution in [-0.4, -0.2) is 38.1 Å². The normalized spacial score (nSPS) is 16.1. The van der Waals surface area contributed by atoms with Crippen molar-refractivity contribution in [3.05, 3.63) is 65.5 Å². The molecule has 4 N–H and O–H groups in total. The molecule has 9 nitrogen and oxygen atoms in total. The van der Waals surface area contributed by atoms with Gasteiger partial charge in [0.05, 0.1) is 24.5 Å². The van der Waals surface area contributed by atoms with Crippen LogP contribution in [0.25, 0.3) is 16.8 Å². The van der Waals surface area contributed by atoms with Gasteiger partial charge in [0.15, 0.2) is 5.65 Å². The molecule has 11 heteroatoms. The van der Waals surface area contributed by atoms with Gasteiger partial charge in [-0.25, -0.2) is 18.7 Å². The van der Waals surface area contributed by atoms with Crippen LogP contribution in [0.3, 0.4) is 0 Å². The molecule has 3 aromatic heterocycles. The number of benzene rings is 1. The fraction of sp³-hybridized carbons (Fsp3) is 0.182. The number of carbonyl (C=O) groups is 1. The van der Waals surface area contributed by atoms with E-state index in [1.807, 2.05) is 0 Å². The number of halogens is 2. The Balaban J connectivity index is 1.73. The maximum absolute atomic E-state index is 14.7. The molecule has 2 bridgehead atoms. The molecule has 4 heterocycles. The maximum Gasteiger partial charge on any atom is 0.256 e. The molecule has 1 aliphatic rings. The zero-order chi connectivity index (χ0) is 23.1. The molecule has 5 rings (SSSR count). The number of nitrogens with zero attached hydrogens (tertiary/aromatic N) is 4. The third kappa shape index (κ3) is 3.67. The van der Waals surface area contributed by atoms with E-state index in [1.54, 1.807) is 25.1 Å². The molecule has 1 aromatic carbocycles. The summed E-state index contributed by atoms with van der Waals surface area (Å²) in [6.45, 7) is 1.97. The van der Waals surface area contributed by atoms with E-state index in [9.17, 15) is 13.6 Å². The van der Waals surface area contributed by atoms with Gasteiger partial charge >= 0.3 is 0 Å². The summed E-state index contributed by atoms with van der Waals surface area (Å²) in [6, 6.07) is 7.38. The molecule has 1 amide bonds. The highest BCUT2D eigenvalue weighted by Gasteiger charge is 2.24. The average Bonchev–Trinajstić information content (AvgIpc) is 3.22. The van der Waals surface area contributed by atoms with Crippen molar-refractivity contribution >= 4 is 23.2 Å². The third-order valence-electron chi connectivity index (χ3n) is 5.27. The summed E-state index contributed by atoms with van der Waals surface area (Å²) in [5.41, 5.74) is 7.64. The van der Waals surface area contributed by atoms with Crippen LogP contribution in [-0.2, 0) is 6.54 Å². The number of amides is 1. The number of nitrogens with two attached hydrogens (primary N) is 1. The van der Waals surface area contributed by atoms with Crippen molar-refractivity contribution in [2.75, 3.05) is 17.6 Å². The molecule has 0 saturated carbocycles. The van der Waals surface area contributed by atoms with Gasteiger partial charge in [0.25, 0.3) is 5.91 Å². The lowest BCUT2D eigenvalue weighted by molar-refractivity contribution is 0.0932. The second kappa shape index (κ2) is 8.01. The number of ether oxygens (including phenoxy) is 1. The monoisotopic (exact) mass is 451 g/mol. The Morgan fingerprint density at radius 2 is 2.00 bits per heavy atom. The van der Waals surface area contributed by atoms with Crippen LogP contribution in [0.15, 0.2) is 42.7 Å². The molecule has 168 valence electrons. The Morgan fingerprint density at radius 3 is 2.82 bits per heavy atom. The molecular weight excluding hydrogens is 432 g/mol.